The molecule has 3 aliphatic heterocycles. The van der Waals surface area contributed by atoms with Gasteiger partial charge in [0.2, 0.25) is 11.8 Å². The zero-order valence-electron chi connectivity index (χ0n) is 17.6. The van der Waals surface area contributed by atoms with Crippen LogP contribution in [0.2, 0.25) is 0 Å². The van der Waals surface area contributed by atoms with Gasteiger partial charge in [0.1, 0.15) is 18.0 Å². The van der Waals surface area contributed by atoms with Gasteiger partial charge in [0.15, 0.2) is 0 Å². The second-order valence-corrected chi connectivity index (χ2v) is 8.97. The highest BCUT2D eigenvalue weighted by molar-refractivity contribution is 5.93. The van der Waals surface area contributed by atoms with Gasteiger partial charge in [-0.3, -0.25) is 9.59 Å². The summed E-state index contributed by atoms with van der Waals surface area (Å²) in [5, 5.41) is 12.9. The number of anilines is 1. The van der Waals surface area contributed by atoms with Crippen LogP contribution in [0.25, 0.3) is 0 Å². The van der Waals surface area contributed by atoms with E-state index in [0.717, 1.165) is 36.3 Å². The monoisotopic (exact) mass is 430 g/mol. The fourth-order valence-corrected chi connectivity index (χ4v) is 5.02. The Kier molecular flexibility index (Phi) is 5.86. The first-order valence-electron chi connectivity index (χ1n) is 11.4. The van der Waals surface area contributed by atoms with Crippen LogP contribution in [0.5, 0.6) is 5.75 Å². The molecule has 1 aliphatic carbocycles. The Morgan fingerprint density at radius 3 is 2.71 bits per heavy atom. The number of ether oxygens (including phenoxy) is 3. The van der Waals surface area contributed by atoms with Gasteiger partial charge in [-0.05, 0) is 37.5 Å². The van der Waals surface area contributed by atoms with Crippen LogP contribution in [0.15, 0.2) is 18.2 Å². The third-order valence-electron chi connectivity index (χ3n) is 7.01. The second kappa shape index (κ2) is 8.76. The minimum atomic E-state index is -0.485. The summed E-state index contributed by atoms with van der Waals surface area (Å²) in [4.78, 5) is 26.9. The van der Waals surface area contributed by atoms with E-state index in [2.05, 4.69) is 5.32 Å². The average molecular weight is 431 g/mol. The molecule has 0 bridgehead atoms. The first kappa shape index (κ1) is 20.7. The van der Waals surface area contributed by atoms with E-state index in [1.807, 2.05) is 23.1 Å². The van der Waals surface area contributed by atoms with Gasteiger partial charge >= 0.3 is 0 Å². The second-order valence-electron chi connectivity index (χ2n) is 8.97. The molecule has 168 valence electrons. The zero-order valence-corrected chi connectivity index (χ0v) is 17.6. The molecule has 8 nitrogen and oxygen atoms in total. The first-order chi connectivity index (χ1) is 15.1. The van der Waals surface area contributed by atoms with Crippen molar-refractivity contribution in [2.75, 3.05) is 38.2 Å². The van der Waals surface area contributed by atoms with E-state index >= 15 is 0 Å². The Balaban J connectivity index is 1.29. The molecule has 4 atom stereocenters. The minimum Gasteiger partial charge on any atom is -0.487 e. The van der Waals surface area contributed by atoms with Crippen LogP contribution in [0.3, 0.4) is 0 Å². The lowest BCUT2D eigenvalue weighted by atomic mass is 9.83. The molecule has 1 aromatic rings. The maximum absolute atomic E-state index is 12.7. The van der Waals surface area contributed by atoms with Crippen LogP contribution < -0.4 is 10.1 Å². The molecule has 0 aromatic heterocycles. The maximum Gasteiger partial charge on any atom is 0.227 e. The van der Waals surface area contributed by atoms with Crippen molar-refractivity contribution in [1.82, 2.24) is 4.90 Å². The van der Waals surface area contributed by atoms with Gasteiger partial charge in [0, 0.05) is 36.2 Å². The Morgan fingerprint density at radius 2 is 2.00 bits per heavy atom. The standard InChI is InChI=1S/C23H30N2O6/c26-13-20-22-18(11-16(30-20)12-21(27)25-6-8-29-9-7-25)17-10-15(4-5-19(17)31-22)24-23(28)14-2-1-3-14/h4-5,10,14,16,18,20,22,26H,1-3,6-9,11-13H2,(H,24,28)/t16-,18+,20+,22-/m1/s1. The third kappa shape index (κ3) is 4.16. The molecule has 3 fully saturated rings. The molecule has 8 heteroatoms. The molecule has 1 aromatic carbocycles. The number of morpholine rings is 1. The van der Waals surface area contributed by atoms with Crippen molar-refractivity contribution in [3.8, 4) is 5.75 Å². The summed E-state index contributed by atoms with van der Waals surface area (Å²) in [5.74, 6) is 1.04. The Bertz CT molecular complexity index is 835. The molecular weight excluding hydrogens is 400 g/mol. The molecule has 31 heavy (non-hydrogen) atoms. The van der Waals surface area contributed by atoms with Gasteiger partial charge in [0.25, 0.3) is 0 Å². The highest BCUT2D eigenvalue weighted by Crippen LogP contribution is 2.47. The van der Waals surface area contributed by atoms with E-state index in [1.165, 1.54) is 0 Å². The van der Waals surface area contributed by atoms with Crippen LogP contribution in [-0.2, 0) is 19.1 Å². The van der Waals surface area contributed by atoms with E-state index in [1.54, 1.807) is 0 Å². The lowest BCUT2D eigenvalue weighted by molar-refractivity contribution is -0.151. The highest BCUT2D eigenvalue weighted by Gasteiger charge is 2.46. The number of hydrogen-bond acceptors (Lipinski definition) is 6. The fraction of sp³-hybridized carbons (Fsp3) is 0.652. The first-order valence-corrected chi connectivity index (χ1v) is 11.4. The predicted molar refractivity (Wildman–Crippen MR) is 112 cm³/mol. The summed E-state index contributed by atoms with van der Waals surface area (Å²) < 4.78 is 17.5. The van der Waals surface area contributed by atoms with Crippen molar-refractivity contribution in [1.29, 1.82) is 0 Å². The Hall–Kier alpha value is -2.16. The average Bonchev–Trinajstić information content (AvgIpc) is 3.10. The van der Waals surface area contributed by atoms with Gasteiger partial charge in [-0.15, -0.1) is 0 Å². The normalized spacial score (nSPS) is 30.0. The lowest BCUT2D eigenvalue weighted by Crippen LogP contribution is -2.48. The Labute approximate surface area is 181 Å². The largest absolute Gasteiger partial charge is 0.487 e. The van der Waals surface area contributed by atoms with Crippen molar-refractivity contribution in [2.45, 2.75) is 56.3 Å². The number of hydrogen-bond donors (Lipinski definition) is 2. The van der Waals surface area contributed by atoms with E-state index in [-0.39, 0.29) is 48.9 Å². The molecule has 2 N–H and O–H groups in total. The summed E-state index contributed by atoms with van der Waals surface area (Å²) >= 11 is 0. The van der Waals surface area contributed by atoms with Crippen molar-refractivity contribution in [3.63, 3.8) is 0 Å². The molecule has 3 heterocycles. The quantitative estimate of drug-likeness (QED) is 0.738. The molecule has 0 spiro atoms. The lowest BCUT2D eigenvalue weighted by Gasteiger charge is -2.38. The SMILES string of the molecule is O=C(Nc1ccc2c(c1)[C@@H]1C[C@H](CC(=O)N3CCOCC3)O[C@@H](CO)[C@@H]1O2)C1CCC1. The van der Waals surface area contributed by atoms with Gasteiger partial charge in [-0.25, -0.2) is 0 Å². The minimum absolute atomic E-state index is 0.0175. The number of rotatable bonds is 5. The number of nitrogens with zero attached hydrogens (tertiary/aromatic N) is 1. The number of nitrogens with one attached hydrogen (secondary N) is 1. The number of carbonyl (C=O) groups excluding carboxylic acids is 2. The van der Waals surface area contributed by atoms with Crippen LogP contribution in [0.4, 0.5) is 5.69 Å². The van der Waals surface area contributed by atoms with Crippen molar-refractivity contribution >= 4 is 17.5 Å². The number of aliphatic hydroxyl groups is 1. The summed E-state index contributed by atoms with van der Waals surface area (Å²) in [7, 11) is 0. The summed E-state index contributed by atoms with van der Waals surface area (Å²) in [6.45, 7) is 2.19. The van der Waals surface area contributed by atoms with Gasteiger partial charge in [0.05, 0.1) is 32.3 Å². The van der Waals surface area contributed by atoms with Gasteiger partial charge in [-0.2, -0.15) is 0 Å². The third-order valence-corrected chi connectivity index (χ3v) is 7.01. The summed E-state index contributed by atoms with van der Waals surface area (Å²) in [6.07, 6.45) is 2.91. The number of amides is 2. The van der Waals surface area contributed by atoms with Crippen LogP contribution in [0.1, 0.15) is 43.6 Å². The maximum atomic E-state index is 12.7. The fourth-order valence-electron chi connectivity index (χ4n) is 5.02. The molecule has 5 rings (SSSR count). The highest BCUT2D eigenvalue weighted by atomic mass is 16.6. The Morgan fingerprint density at radius 1 is 1.19 bits per heavy atom. The van der Waals surface area contributed by atoms with Gasteiger partial charge in [-0.1, -0.05) is 6.42 Å². The van der Waals surface area contributed by atoms with Crippen molar-refractivity contribution < 1.29 is 28.9 Å². The van der Waals surface area contributed by atoms with Gasteiger partial charge < -0.3 is 29.5 Å². The molecule has 2 saturated heterocycles. The molecular formula is C23H30N2O6. The predicted octanol–water partition coefficient (Wildman–Crippen LogP) is 1.67. The molecule has 2 amide bonds. The molecule has 1 saturated carbocycles. The van der Waals surface area contributed by atoms with Crippen LogP contribution in [-0.4, -0.2) is 73.0 Å². The number of aliphatic hydroxyl groups excluding tert-OH is 1. The number of benzene rings is 1. The smallest absolute Gasteiger partial charge is 0.227 e. The van der Waals surface area contributed by atoms with E-state index in [4.69, 9.17) is 14.2 Å². The molecule has 4 aliphatic rings. The number of fused-ring (bicyclic) bond motifs is 3. The zero-order chi connectivity index (χ0) is 21.4. The van der Waals surface area contributed by atoms with E-state index in [0.29, 0.717) is 32.7 Å². The molecule has 0 unspecified atom stereocenters. The van der Waals surface area contributed by atoms with Crippen LogP contribution in [0, 0.1) is 5.92 Å². The van der Waals surface area contributed by atoms with Crippen LogP contribution >= 0.6 is 0 Å². The summed E-state index contributed by atoms with van der Waals surface area (Å²) in [5.41, 5.74) is 1.79. The van der Waals surface area contributed by atoms with Crippen molar-refractivity contribution in [3.05, 3.63) is 23.8 Å². The van der Waals surface area contributed by atoms with E-state index < -0.39 is 6.10 Å². The van der Waals surface area contributed by atoms with Crippen molar-refractivity contribution in [2.24, 2.45) is 5.92 Å². The summed E-state index contributed by atoms with van der Waals surface area (Å²) in [6, 6.07) is 5.73. The topological polar surface area (TPSA) is 97.3 Å². The molecule has 0 radical (unpaired) electrons. The number of carbonyl (C=O) groups is 2. The van der Waals surface area contributed by atoms with E-state index in [9.17, 15) is 14.7 Å².